The zero-order chi connectivity index (χ0) is 23.7. The van der Waals surface area contributed by atoms with E-state index in [0.29, 0.717) is 6.07 Å². The number of halogens is 6. The number of ether oxygens (including phenoxy) is 2. The lowest BCUT2D eigenvalue weighted by molar-refractivity contribution is -0.141. The summed E-state index contributed by atoms with van der Waals surface area (Å²) < 4.78 is 116. The zero-order valence-electron chi connectivity index (χ0n) is 16.8. The Kier molecular flexibility index (Phi) is 6.91. The third-order valence-electron chi connectivity index (χ3n) is 5.10. The van der Waals surface area contributed by atoms with E-state index in [4.69, 9.17) is 9.47 Å². The fraction of sp³-hybridized carbons (Fsp3) is 0.526. The molecule has 2 atom stereocenters. The molecule has 6 nitrogen and oxygen atoms in total. The third kappa shape index (κ3) is 5.26. The molecule has 0 bridgehead atoms. The van der Waals surface area contributed by atoms with Crippen molar-refractivity contribution in [3.05, 3.63) is 47.3 Å². The van der Waals surface area contributed by atoms with Crippen molar-refractivity contribution in [1.29, 1.82) is 0 Å². The summed E-state index contributed by atoms with van der Waals surface area (Å²) in [5.74, 6) is 0. The maximum absolute atomic E-state index is 13.2. The summed E-state index contributed by atoms with van der Waals surface area (Å²) in [7, 11) is -2.83. The Bertz CT molecular complexity index is 1050. The number of sulfone groups is 1. The van der Waals surface area contributed by atoms with Crippen LogP contribution in [-0.2, 0) is 38.2 Å². The number of alkyl halides is 6. The van der Waals surface area contributed by atoms with E-state index < -0.39 is 49.7 Å². The van der Waals surface area contributed by atoms with Gasteiger partial charge in [-0.1, -0.05) is 6.07 Å². The predicted octanol–water partition coefficient (Wildman–Crippen LogP) is 4.26. The minimum absolute atomic E-state index is 0.00653. The van der Waals surface area contributed by atoms with E-state index in [0.717, 1.165) is 28.9 Å². The molecule has 1 aliphatic heterocycles. The van der Waals surface area contributed by atoms with Crippen LogP contribution in [0, 0.1) is 0 Å². The summed E-state index contributed by atoms with van der Waals surface area (Å²) >= 11 is 0. The molecule has 2 aromatic rings. The van der Waals surface area contributed by atoms with E-state index in [9.17, 15) is 34.8 Å². The number of aromatic nitrogens is 2. The quantitative estimate of drug-likeness (QED) is 0.571. The third-order valence-corrected chi connectivity index (χ3v) is 7.32. The van der Waals surface area contributed by atoms with Crippen molar-refractivity contribution in [2.45, 2.75) is 48.0 Å². The van der Waals surface area contributed by atoms with Crippen molar-refractivity contribution >= 4 is 9.84 Å². The van der Waals surface area contributed by atoms with Crippen LogP contribution in [0.4, 0.5) is 26.3 Å². The lowest BCUT2D eigenvalue weighted by Gasteiger charge is -2.30. The Morgan fingerprint density at radius 2 is 1.88 bits per heavy atom. The Balaban J connectivity index is 1.91. The first-order valence-electron chi connectivity index (χ1n) is 9.50. The number of hydrogen-bond acceptors (Lipinski definition) is 5. The molecular formula is C19H20F6N2O4S. The van der Waals surface area contributed by atoms with Crippen LogP contribution in [0.25, 0.3) is 0 Å². The molecule has 0 spiro atoms. The molecule has 0 amide bonds. The summed E-state index contributed by atoms with van der Waals surface area (Å²) in [4.78, 5) is -0.498. The molecule has 0 N–H and O–H groups in total. The van der Waals surface area contributed by atoms with Gasteiger partial charge in [0.15, 0.2) is 15.5 Å². The van der Waals surface area contributed by atoms with Crippen LogP contribution in [0.2, 0.25) is 0 Å². The molecular weight excluding hydrogens is 466 g/mol. The summed E-state index contributed by atoms with van der Waals surface area (Å²) in [6.45, 7) is -0.0538. The fourth-order valence-electron chi connectivity index (χ4n) is 3.48. The first kappa shape index (κ1) is 24.5. The maximum atomic E-state index is 13.2. The Morgan fingerprint density at radius 1 is 1.16 bits per heavy atom. The number of nitrogens with zero attached hydrogens (tertiary/aromatic N) is 2. The van der Waals surface area contributed by atoms with Crippen molar-refractivity contribution in [1.82, 2.24) is 9.78 Å². The van der Waals surface area contributed by atoms with Crippen molar-refractivity contribution in [2.24, 2.45) is 0 Å². The van der Waals surface area contributed by atoms with E-state index in [-0.39, 0.29) is 38.3 Å². The monoisotopic (exact) mass is 486 g/mol. The van der Waals surface area contributed by atoms with Crippen LogP contribution in [0.15, 0.2) is 35.2 Å². The van der Waals surface area contributed by atoms with Gasteiger partial charge in [0, 0.05) is 13.7 Å². The molecule has 1 aliphatic rings. The van der Waals surface area contributed by atoms with Gasteiger partial charge >= 0.3 is 12.4 Å². The lowest BCUT2D eigenvalue weighted by atomic mass is 10.1. The first-order chi connectivity index (χ1) is 14.8. The van der Waals surface area contributed by atoms with Crippen molar-refractivity contribution in [3.63, 3.8) is 0 Å². The molecule has 0 radical (unpaired) electrons. The van der Waals surface area contributed by atoms with Gasteiger partial charge in [-0.3, -0.25) is 4.68 Å². The smallest absolute Gasteiger partial charge is 0.383 e. The molecule has 1 saturated heterocycles. The average Bonchev–Trinajstić information content (AvgIpc) is 3.16. The first-order valence-corrected chi connectivity index (χ1v) is 11.1. The van der Waals surface area contributed by atoms with Crippen LogP contribution >= 0.6 is 0 Å². The molecule has 32 heavy (non-hydrogen) atoms. The predicted molar refractivity (Wildman–Crippen MR) is 99.4 cm³/mol. The normalized spacial score (nSPS) is 20.5. The largest absolute Gasteiger partial charge is 0.435 e. The minimum Gasteiger partial charge on any atom is -0.383 e. The topological polar surface area (TPSA) is 70.4 Å². The van der Waals surface area contributed by atoms with E-state index in [1.54, 1.807) is 0 Å². The highest BCUT2D eigenvalue weighted by atomic mass is 32.2. The van der Waals surface area contributed by atoms with E-state index in [1.807, 2.05) is 0 Å². The number of methoxy groups -OCH3 is 1. The molecule has 0 saturated carbocycles. The van der Waals surface area contributed by atoms with Gasteiger partial charge in [-0.15, -0.1) is 0 Å². The number of hydrogen-bond donors (Lipinski definition) is 0. The van der Waals surface area contributed by atoms with Crippen LogP contribution in [0.3, 0.4) is 0 Å². The van der Waals surface area contributed by atoms with Crippen LogP contribution in [0.5, 0.6) is 0 Å². The molecule has 0 aliphatic carbocycles. The molecule has 1 aromatic heterocycles. The van der Waals surface area contributed by atoms with Gasteiger partial charge in [0.1, 0.15) is 6.10 Å². The summed E-state index contributed by atoms with van der Waals surface area (Å²) in [5, 5.41) is 2.40. The highest BCUT2D eigenvalue weighted by Crippen LogP contribution is 2.38. The van der Waals surface area contributed by atoms with E-state index in [2.05, 4.69) is 5.10 Å². The van der Waals surface area contributed by atoms with Crippen LogP contribution in [-0.4, -0.2) is 43.8 Å². The van der Waals surface area contributed by atoms with Gasteiger partial charge in [-0.2, -0.15) is 31.4 Å². The van der Waals surface area contributed by atoms with Crippen LogP contribution < -0.4 is 0 Å². The second-order valence-corrected chi connectivity index (χ2v) is 9.47. The van der Waals surface area contributed by atoms with Gasteiger partial charge in [0.2, 0.25) is 0 Å². The standard InChI is InChI=1S/C19H20F6N2O4S/c1-30-8-6-27-15(11-17(26-27)19(23,24)25)16-10-14(5-7-31-16)32(28,29)13-4-2-3-12(9-13)18(20,21)22/h2-4,9,11,14,16H,5-8,10H2,1H3. The SMILES string of the molecule is COCCn1nc(C(F)(F)F)cc1C1CC(S(=O)(=O)c2cccc(C(F)(F)F)c2)CCO1. The Morgan fingerprint density at radius 3 is 2.50 bits per heavy atom. The van der Waals surface area contributed by atoms with Gasteiger partial charge in [0.25, 0.3) is 0 Å². The lowest BCUT2D eigenvalue weighted by Crippen LogP contribution is -2.32. The van der Waals surface area contributed by atoms with Gasteiger partial charge in [-0.25, -0.2) is 8.42 Å². The Hall–Kier alpha value is -2.12. The second kappa shape index (κ2) is 9.02. The van der Waals surface area contributed by atoms with Gasteiger partial charge in [0.05, 0.1) is 34.6 Å². The maximum Gasteiger partial charge on any atom is 0.435 e. The molecule has 1 aromatic carbocycles. The van der Waals surface area contributed by atoms with Crippen LogP contribution in [0.1, 0.15) is 35.9 Å². The van der Waals surface area contributed by atoms with Gasteiger partial charge in [-0.05, 0) is 37.1 Å². The van der Waals surface area contributed by atoms with Crippen molar-refractivity contribution in [2.75, 3.05) is 20.3 Å². The zero-order valence-corrected chi connectivity index (χ0v) is 17.6. The average molecular weight is 486 g/mol. The highest BCUT2D eigenvalue weighted by molar-refractivity contribution is 7.92. The minimum atomic E-state index is -4.72. The van der Waals surface area contributed by atoms with Gasteiger partial charge < -0.3 is 9.47 Å². The molecule has 178 valence electrons. The second-order valence-electron chi connectivity index (χ2n) is 7.24. The van der Waals surface area contributed by atoms with E-state index >= 15 is 0 Å². The van der Waals surface area contributed by atoms with E-state index in [1.165, 1.54) is 7.11 Å². The summed E-state index contributed by atoms with van der Waals surface area (Å²) in [6, 6.07) is 4.18. The molecule has 3 rings (SSSR count). The number of rotatable bonds is 6. The molecule has 2 heterocycles. The highest BCUT2D eigenvalue weighted by Gasteiger charge is 2.40. The fourth-order valence-corrected chi connectivity index (χ4v) is 5.26. The van der Waals surface area contributed by atoms with Crippen molar-refractivity contribution in [3.8, 4) is 0 Å². The molecule has 13 heteroatoms. The Labute approximate surface area is 180 Å². The molecule has 2 unspecified atom stereocenters. The molecule has 1 fully saturated rings. The summed E-state index contributed by atoms with van der Waals surface area (Å²) in [6.07, 6.45) is -10.7. The summed E-state index contributed by atoms with van der Waals surface area (Å²) in [5.41, 5.74) is -2.23. The number of benzene rings is 1. The van der Waals surface area contributed by atoms with Crippen molar-refractivity contribution < 1.29 is 44.2 Å².